The highest BCUT2D eigenvalue weighted by molar-refractivity contribution is 5.15. The van der Waals surface area contributed by atoms with Crippen LogP contribution >= 0.6 is 0 Å². The normalized spacial score (nSPS) is 18.3. The molecule has 2 aromatic rings. The summed E-state index contributed by atoms with van der Waals surface area (Å²) in [4.78, 5) is 14.1. The summed E-state index contributed by atoms with van der Waals surface area (Å²) in [5.41, 5.74) is 2.65. The van der Waals surface area contributed by atoms with Crippen LogP contribution in [0.4, 0.5) is 0 Å². The smallest absolute Gasteiger partial charge is 0.128 e. The third kappa shape index (κ3) is 5.61. The molecule has 0 spiro atoms. The number of nitrogens with zero attached hydrogens (tertiary/aromatic N) is 4. The third-order valence-electron chi connectivity index (χ3n) is 5.33. The first-order valence-electron chi connectivity index (χ1n) is 10.0. The van der Waals surface area contributed by atoms with Gasteiger partial charge in [-0.1, -0.05) is 37.3 Å². The van der Waals surface area contributed by atoms with Gasteiger partial charge in [-0.05, 0) is 44.8 Å². The maximum absolute atomic E-state index is 4.50. The molecule has 1 fully saturated rings. The van der Waals surface area contributed by atoms with Crippen LogP contribution in [0.1, 0.15) is 43.1 Å². The Labute approximate surface area is 158 Å². The summed E-state index contributed by atoms with van der Waals surface area (Å²) < 4.78 is 0. The van der Waals surface area contributed by atoms with Crippen LogP contribution in [-0.2, 0) is 19.4 Å². The van der Waals surface area contributed by atoms with Gasteiger partial charge in [0.05, 0.1) is 0 Å². The quantitative estimate of drug-likeness (QED) is 0.727. The monoisotopic (exact) mass is 352 g/mol. The van der Waals surface area contributed by atoms with Gasteiger partial charge in [0, 0.05) is 50.1 Å². The average molecular weight is 353 g/mol. The van der Waals surface area contributed by atoms with Gasteiger partial charge in [-0.15, -0.1) is 0 Å². The van der Waals surface area contributed by atoms with E-state index in [1.807, 2.05) is 12.4 Å². The van der Waals surface area contributed by atoms with Gasteiger partial charge < -0.3 is 4.90 Å². The van der Waals surface area contributed by atoms with Gasteiger partial charge in [0.2, 0.25) is 0 Å². The first kappa shape index (κ1) is 19.0. The van der Waals surface area contributed by atoms with Gasteiger partial charge >= 0.3 is 0 Å². The van der Waals surface area contributed by atoms with Gasteiger partial charge in [-0.3, -0.25) is 4.90 Å². The van der Waals surface area contributed by atoms with E-state index in [1.165, 1.54) is 30.5 Å². The summed E-state index contributed by atoms with van der Waals surface area (Å²) in [5.74, 6) is 0.962. The van der Waals surface area contributed by atoms with Crippen molar-refractivity contribution in [1.82, 2.24) is 19.8 Å². The molecule has 0 amide bonds. The molecule has 3 rings (SSSR count). The molecule has 1 atom stereocenters. The van der Waals surface area contributed by atoms with E-state index in [1.54, 1.807) is 0 Å². The largest absolute Gasteiger partial charge is 0.301 e. The maximum atomic E-state index is 4.50. The lowest BCUT2D eigenvalue weighted by Gasteiger charge is -2.37. The van der Waals surface area contributed by atoms with Crippen molar-refractivity contribution in [3.05, 3.63) is 59.7 Å². The minimum atomic E-state index is 0.620. The van der Waals surface area contributed by atoms with Gasteiger partial charge in [-0.2, -0.15) is 0 Å². The molecule has 1 aliphatic rings. The first-order valence-corrected chi connectivity index (χ1v) is 10.0. The number of aromatic nitrogens is 2. The summed E-state index contributed by atoms with van der Waals surface area (Å²) in [6.07, 6.45) is 9.79. The van der Waals surface area contributed by atoms with E-state index in [0.29, 0.717) is 6.04 Å². The molecule has 0 bridgehead atoms. The molecule has 1 unspecified atom stereocenters. The zero-order valence-electron chi connectivity index (χ0n) is 16.3. The van der Waals surface area contributed by atoms with Crippen molar-refractivity contribution in [3.8, 4) is 0 Å². The standard InChI is InChI=1S/C22H32N4/c1-3-8-22-23-15-20(16-24-22)17-25(2)21-11-7-13-26(18-21)14-12-19-9-5-4-6-10-19/h4-6,9-10,15-16,21H,3,7-8,11-14,17-18H2,1-2H3. The molecule has 1 aliphatic heterocycles. The van der Waals surface area contributed by atoms with Crippen molar-refractivity contribution in [2.45, 2.75) is 51.6 Å². The highest BCUT2D eigenvalue weighted by atomic mass is 15.2. The van der Waals surface area contributed by atoms with E-state index >= 15 is 0 Å². The Hall–Kier alpha value is -1.78. The van der Waals surface area contributed by atoms with Crippen LogP contribution in [0, 0.1) is 0 Å². The Balaban J connectivity index is 1.48. The van der Waals surface area contributed by atoms with Crippen molar-refractivity contribution in [3.63, 3.8) is 0 Å². The molecule has 0 radical (unpaired) electrons. The first-order chi connectivity index (χ1) is 12.7. The van der Waals surface area contributed by atoms with E-state index in [-0.39, 0.29) is 0 Å². The molecule has 0 saturated carbocycles. The summed E-state index contributed by atoms with van der Waals surface area (Å²) in [5, 5.41) is 0. The predicted octanol–water partition coefficient (Wildman–Crippen LogP) is 3.57. The van der Waals surface area contributed by atoms with Crippen LogP contribution in [0.5, 0.6) is 0 Å². The highest BCUT2D eigenvalue weighted by Gasteiger charge is 2.23. The summed E-state index contributed by atoms with van der Waals surface area (Å²) in [6, 6.07) is 11.4. The van der Waals surface area contributed by atoms with Crippen LogP contribution in [0.2, 0.25) is 0 Å². The fraction of sp³-hybridized carbons (Fsp3) is 0.545. The molecular weight excluding hydrogens is 320 g/mol. The van der Waals surface area contributed by atoms with Crippen LogP contribution in [0.25, 0.3) is 0 Å². The third-order valence-corrected chi connectivity index (χ3v) is 5.33. The zero-order valence-corrected chi connectivity index (χ0v) is 16.3. The van der Waals surface area contributed by atoms with Gasteiger partial charge in [0.25, 0.3) is 0 Å². The summed E-state index contributed by atoms with van der Waals surface area (Å²) >= 11 is 0. The molecule has 140 valence electrons. The average Bonchev–Trinajstić information content (AvgIpc) is 2.69. The molecule has 0 N–H and O–H groups in total. The Kier molecular flexibility index (Phi) is 7.15. The van der Waals surface area contributed by atoms with E-state index in [4.69, 9.17) is 0 Å². The molecule has 0 aliphatic carbocycles. The second-order valence-corrected chi connectivity index (χ2v) is 7.50. The Bertz CT molecular complexity index is 641. The molecule has 4 nitrogen and oxygen atoms in total. The lowest BCUT2D eigenvalue weighted by Crippen LogP contribution is -2.46. The number of hydrogen-bond donors (Lipinski definition) is 0. The van der Waals surface area contributed by atoms with Crippen LogP contribution in [0.3, 0.4) is 0 Å². The second kappa shape index (κ2) is 9.79. The number of piperidine rings is 1. The highest BCUT2D eigenvalue weighted by Crippen LogP contribution is 2.17. The van der Waals surface area contributed by atoms with Crippen molar-refractivity contribution >= 4 is 0 Å². The molecule has 2 heterocycles. The topological polar surface area (TPSA) is 32.3 Å². The Morgan fingerprint density at radius 1 is 1.08 bits per heavy atom. The van der Waals surface area contributed by atoms with Crippen LogP contribution < -0.4 is 0 Å². The van der Waals surface area contributed by atoms with Gasteiger partial charge in [-0.25, -0.2) is 9.97 Å². The zero-order chi connectivity index (χ0) is 18.2. The molecule has 1 aromatic carbocycles. The van der Waals surface area contributed by atoms with Gasteiger partial charge in [0.15, 0.2) is 0 Å². The molecular formula is C22H32N4. The fourth-order valence-electron chi connectivity index (χ4n) is 3.76. The van der Waals surface area contributed by atoms with Gasteiger partial charge in [0.1, 0.15) is 5.82 Å². The molecule has 1 saturated heterocycles. The summed E-state index contributed by atoms with van der Waals surface area (Å²) in [7, 11) is 2.24. The minimum Gasteiger partial charge on any atom is -0.301 e. The van der Waals surface area contributed by atoms with Crippen molar-refractivity contribution in [2.24, 2.45) is 0 Å². The molecule has 1 aromatic heterocycles. The van der Waals surface area contributed by atoms with Crippen molar-refractivity contribution in [2.75, 3.05) is 26.7 Å². The molecule has 4 heteroatoms. The number of likely N-dealkylation sites (tertiary alicyclic amines) is 1. The van der Waals surface area contributed by atoms with Crippen LogP contribution in [-0.4, -0.2) is 52.5 Å². The number of likely N-dealkylation sites (N-methyl/N-ethyl adjacent to an activating group) is 1. The fourth-order valence-corrected chi connectivity index (χ4v) is 3.76. The van der Waals surface area contributed by atoms with E-state index in [0.717, 1.165) is 44.7 Å². The summed E-state index contributed by atoms with van der Waals surface area (Å²) in [6.45, 7) is 6.65. The van der Waals surface area contributed by atoms with E-state index in [2.05, 4.69) is 64.1 Å². The molecule has 26 heavy (non-hydrogen) atoms. The lowest BCUT2D eigenvalue weighted by atomic mass is 10.0. The SMILES string of the molecule is CCCc1ncc(CN(C)C2CCCN(CCc3ccccc3)C2)cn1. The van der Waals surface area contributed by atoms with E-state index < -0.39 is 0 Å². The Morgan fingerprint density at radius 3 is 2.58 bits per heavy atom. The van der Waals surface area contributed by atoms with E-state index in [9.17, 15) is 0 Å². The van der Waals surface area contributed by atoms with Crippen molar-refractivity contribution in [1.29, 1.82) is 0 Å². The van der Waals surface area contributed by atoms with Crippen LogP contribution in [0.15, 0.2) is 42.7 Å². The second-order valence-electron chi connectivity index (χ2n) is 7.50. The lowest BCUT2D eigenvalue weighted by molar-refractivity contribution is 0.112. The Morgan fingerprint density at radius 2 is 1.85 bits per heavy atom. The predicted molar refractivity (Wildman–Crippen MR) is 107 cm³/mol. The number of aryl methyl sites for hydroxylation is 1. The number of benzene rings is 1. The number of rotatable bonds is 8. The minimum absolute atomic E-state index is 0.620. The maximum Gasteiger partial charge on any atom is 0.128 e. The number of hydrogen-bond acceptors (Lipinski definition) is 4. The van der Waals surface area contributed by atoms with Crippen molar-refractivity contribution < 1.29 is 0 Å².